The summed E-state index contributed by atoms with van der Waals surface area (Å²) in [5.41, 5.74) is 3.10. The first-order valence-electron chi connectivity index (χ1n) is 4.15. The lowest BCUT2D eigenvalue weighted by molar-refractivity contribution is 0.505. The third-order valence-corrected chi connectivity index (χ3v) is 6.37. The van der Waals surface area contributed by atoms with Gasteiger partial charge in [0, 0.05) is 5.57 Å². The minimum Gasteiger partial charge on any atom is -0.427 e. The molecule has 1 saturated carbocycles. The zero-order valence-corrected chi connectivity index (χ0v) is 8.77. The molecule has 0 aromatic heterocycles. The van der Waals surface area contributed by atoms with E-state index in [0.717, 1.165) is 0 Å². The summed E-state index contributed by atoms with van der Waals surface area (Å²) in [5.74, 6) is 1.18. The molecule has 3 aliphatic rings. The Labute approximate surface area is 78.4 Å². The molecule has 2 aliphatic heterocycles. The van der Waals surface area contributed by atoms with Crippen molar-refractivity contribution in [1.29, 1.82) is 0 Å². The molecule has 3 rings (SSSR count). The molecule has 3 heteroatoms. The van der Waals surface area contributed by atoms with Gasteiger partial charge in [0.1, 0.15) is 5.76 Å². The van der Waals surface area contributed by atoms with Gasteiger partial charge in [0.2, 0.25) is 0 Å². The highest BCUT2D eigenvalue weighted by molar-refractivity contribution is 8.84. The molecule has 0 amide bonds. The van der Waals surface area contributed by atoms with E-state index in [-0.39, 0.29) is 9.80 Å². The molecule has 64 valence electrons. The molecule has 1 unspecified atom stereocenters. The van der Waals surface area contributed by atoms with Gasteiger partial charge in [-0.3, -0.25) is 0 Å². The smallest absolute Gasteiger partial charge is 0.116 e. The van der Waals surface area contributed by atoms with Gasteiger partial charge in [0.05, 0.1) is 14.7 Å². The largest absolute Gasteiger partial charge is 0.427 e. The van der Waals surface area contributed by atoms with Gasteiger partial charge in [-0.1, -0.05) is 0 Å². The Kier molecular flexibility index (Phi) is 1.34. The second kappa shape index (κ2) is 2.20. The summed E-state index contributed by atoms with van der Waals surface area (Å²) in [6.45, 7) is 4.33. The maximum absolute atomic E-state index is 5.78. The molecular weight excluding hydrogens is 188 g/mol. The van der Waals surface area contributed by atoms with Crippen molar-refractivity contribution in [3.8, 4) is 0 Å². The fraction of sp³-hybridized carbons (Fsp3) is 0.444. The molecule has 1 nitrogen and oxygen atoms in total. The number of allylic oxidation sites excluding steroid dienone is 4. The number of hydrogen-bond acceptors (Lipinski definition) is 2. The molecule has 0 aromatic carbocycles. The second-order valence-corrected chi connectivity index (χ2v) is 6.53. The van der Waals surface area contributed by atoms with Crippen molar-refractivity contribution in [2.45, 2.75) is 26.7 Å². The fourth-order valence-electron chi connectivity index (χ4n) is 1.96. The maximum Gasteiger partial charge on any atom is 0.116 e. The van der Waals surface area contributed by atoms with Crippen molar-refractivity contribution >= 4 is 25.5 Å². The Balaban J connectivity index is 2.23. The number of hydrogen-bond donors (Lipinski definition) is 0. The van der Waals surface area contributed by atoms with E-state index in [1.807, 2.05) is 10.8 Å². The van der Waals surface area contributed by atoms with Crippen molar-refractivity contribution in [2.75, 3.05) is 0 Å². The van der Waals surface area contributed by atoms with Crippen LogP contribution in [0.25, 0.3) is 0 Å². The lowest BCUT2D eigenvalue weighted by atomic mass is 10.2. The topological polar surface area (TPSA) is 9.23 Å². The van der Waals surface area contributed by atoms with E-state index in [4.69, 9.17) is 4.18 Å². The van der Waals surface area contributed by atoms with Gasteiger partial charge in [-0.15, -0.1) is 0 Å². The summed E-state index contributed by atoms with van der Waals surface area (Å²) < 4.78 is 5.78. The van der Waals surface area contributed by atoms with E-state index in [1.165, 1.54) is 29.1 Å². The van der Waals surface area contributed by atoms with Gasteiger partial charge >= 0.3 is 0 Å². The van der Waals surface area contributed by atoms with E-state index < -0.39 is 0 Å². The van der Waals surface area contributed by atoms with Crippen LogP contribution in [0.4, 0.5) is 0 Å². The van der Waals surface area contributed by atoms with Crippen LogP contribution in [-0.4, -0.2) is 4.86 Å². The van der Waals surface area contributed by atoms with E-state index in [0.29, 0.717) is 0 Å². The Morgan fingerprint density at radius 2 is 2.00 bits per heavy atom. The first kappa shape index (κ1) is 7.27. The predicted molar refractivity (Wildman–Crippen MR) is 55.9 cm³/mol. The normalized spacial score (nSPS) is 31.8. The quantitative estimate of drug-likeness (QED) is 0.436. The third-order valence-electron chi connectivity index (χ3n) is 2.59. The zero-order valence-electron chi connectivity index (χ0n) is 7.14. The molecule has 1 fully saturated rings. The van der Waals surface area contributed by atoms with Gasteiger partial charge in [0.15, 0.2) is 0 Å². The second-order valence-electron chi connectivity index (χ2n) is 3.30. The fourth-order valence-corrected chi connectivity index (χ4v) is 6.23. The Bertz CT molecular complexity index is 340. The molecule has 0 saturated heterocycles. The van der Waals surface area contributed by atoms with Crippen molar-refractivity contribution < 1.29 is 4.18 Å². The molecule has 0 aromatic rings. The summed E-state index contributed by atoms with van der Waals surface area (Å²) >= 11 is 0. The molecule has 1 atom stereocenters. The van der Waals surface area contributed by atoms with Crippen LogP contribution >= 0.6 is 20.6 Å². The van der Waals surface area contributed by atoms with Gasteiger partial charge in [-0.05, 0) is 48.0 Å². The van der Waals surface area contributed by atoms with Crippen molar-refractivity contribution in [1.82, 2.24) is 0 Å². The van der Waals surface area contributed by atoms with Crippen LogP contribution in [0.1, 0.15) is 26.7 Å². The molecule has 2 heterocycles. The molecule has 1 aliphatic carbocycles. The van der Waals surface area contributed by atoms with Crippen molar-refractivity contribution in [2.24, 2.45) is 0 Å². The summed E-state index contributed by atoms with van der Waals surface area (Å²) in [7, 11) is 1.97. The summed E-state index contributed by atoms with van der Waals surface area (Å²) in [6, 6.07) is 0. The standard InChI is InChI=1S/C9H10OS2/c1-5-7-3-4-8-6(2)11-12(10-5)9(7)8/h3-4H2,1-2H3. The maximum atomic E-state index is 5.78. The average Bonchev–Trinajstić information content (AvgIpc) is 2.59. The van der Waals surface area contributed by atoms with E-state index >= 15 is 0 Å². The predicted octanol–water partition coefficient (Wildman–Crippen LogP) is 3.38. The van der Waals surface area contributed by atoms with Crippen LogP contribution in [0, 0.1) is 0 Å². The molecule has 0 N–H and O–H groups in total. The highest BCUT2D eigenvalue weighted by Crippen LogP contribution is 2.58. The van der Waals surface area contributed by atoms with Crippen molar-refractivity contribution in [3.63, 3.8) is 0 Å². The van der Waals surface area contributed by atoms with Crippen molar-refractivity contribution in [3.05, 3.63) is 21.8 Å². The van der Waals surface area contributed by atoms with Gasteiger partial charge < -0.3 is 4.18 Å². The lowest BCUT2D eigenvalue weighted by Crippen LogP contribution is -1.90. The Morgan fingerprint density at radius 1 is 1.25 bits per heavy atom. The van der Waals surface area contributed by atoms with Crippen LogP contribution in [0.15, 0.2) is 21.8 Å². The minimum absolute atomic E-state index is 0.0594. The summed E-state index contributed by atoms with van der Waals surface area (Å²) in [6.07, 6.45) is 2.48. The Hall–Kier alpha value is -0.150. The van der Waals surface area contributed by atoms with E-state index in [1.54, 1.807) is 10.4 Å². The summed E-state index contributed by atoms with van der Waals surface area (Å²) in [4.78, 5) is 3.05. The molecule has 12 heavy (non-hydrogen) atoms. The highest BCUT2D eigenvalue weighted by atomic mass is 33.1. The average molecular weight is 198 g/mol. The van der Waals surface area contributed by atoms with Gasteiger partial charge in [-0.25, -0.2) is 0 Å². The Morgan fingerprint density at radius 3 is 2.83 bits per heavy atom. The van der Waals surface area contributed by atoms with Crippen LogP contribution < -0.4 is 0 Å². The summed E-state index contributed by atoms with van der Waals surface area (Å²) in [5, 5.41) is 0. The molecule has 0 bridgehead atoms. The zero-order chi connectivity index (χ0) is 8.29. The van der Waals surface area contributed by atoms with Crippen LogP contribution in [0.3, 0.4) is 0 Å². The third kappa shape index (κ3) is 0.715. The first-order chi connectivity index (χ1) is 5.77. The highest BCUT2D eigenvalue weighted by Gasteiger charge is 2.37. The number of rotatable bonds is 0. The lowest BCUT2D eigenvalue weighted by Gasteiger charge is -2.01. The minimum atomic E-state index is 0.0594. The van der Waals surface area contributed by atoms with E-state index in [9.17, 15) is 0 Å². The molecular formula is C9H10OS2. The van der Waals surface area contributed by atoms with Gasteiger partial charge in [0.25, 0.3) is 0 Å². The van der Waals surface area contributed by atoms with Gasteiger partial charge in [-0.2, -0.15) is 0 Å². The van der Waals surface area contributed by atoms with Crippen LogP contribution in [-0.2, 0) is 4.18 Å². The van der Waals surface area contributed by atoms with E-state index in [2.05, 4.69) is 13.8 Å². The first-order valence-corrected chi connectivity index (χ1v) is 6.64. The SMILES string of the molecule is CC1=C2CCC3=C(C)SS(=C23)O1. The molecule has 0 radical (unpaired) electrons. The molecule has 0 spiro atoms. The monoisotopic (exact) mass is 198 g/mol. The van der Waals surface area contributed by atoms with Crippen LogP contribution in [0.2, 0.25) is 0 Å². The van der Waals surface area contributed by atoms with Crippen LogP contribution in [0.5, 0.6) is 0 Å².